The third-order valence-corrected chi connectivity index (χ3v) is 2.58. The van der Waals surface area contributed by atoms with E-state index in [9.17, 15) is 0 Å². The smallest absolute Gasteiger partial charge is 0.229 e. The van der Waals surface area contributed by atoms with Crippen molar-refractivity contribution in [1.82, 2.24) is 10.1 Å². The molecule has 0 saturated carbocycles. The van der Waals surface area contributed by atoms with Gasteiger partial charge in [0, 0.05) is 18.7 Å². The molecule has 2 aromatic rings. The second-order valence-electron chi connectivity index (χ2n) is 3.86. The minimum Gasteiger partial charge on any atom is -0.381 e. The molecule has 0 unspecified atom stereocenters. The molecular formula is C13H18ClN3O2. The number of hydrogen-bond acceptors (Lipinski definition) is 5. The van der Waals surface area contributed by atoms with Crippen LogP contribution in [-0.4, -0.2) is 23.4 Å². The maximum absolute atomic E-state index is 5.55. The molecule has 0 aliphatic heterocycles. The SMILES string of the molecule is CCOCCc1nc(-c2ccc(CN)cc2)no1.Cl. The van der Waals surface area contributed by atoms with Crippen LogP contribution >= 0.6 is 12.4 Å². The Kier molecular flexibility index (Phi) is 6.49. The molecule has 2 N–H and O–H groups in total. The zero-order chi connectivity index (χ0) is 12.8. The Labute approximate surface area is 118 Å². The van der Waals surface area contributed by atoms with Gasteiger partial charge in [-0.05, 0) is 12.5 Å². The summed E-state index contributed by atoms with van der Waals surface area (Å²) in [6.45, 7) is 3.79. The van der Waals surface area contributed by atoms with Crippen molar-refractivity contribution in [2.45, 2.75) is 19.9 Å². The van der Waals surface area contributed by atoms with Crippen LogP contribution in [0.4, 0.5) is 0 Å². The van der Waals surface area contributed by atoms with Crippen molar-refractivity contribution in [3.8, 4) is 11.4 Å². The molecule has 19 heavy (non-hydrogen) atoms. The van der Waals surface area contributed by atoms with Gasteiger partial charge in [0.25, 0.3) is 0 Å². The predicted molar refractivity (Wildman–Crippen MR) is 75.1 cm³/mol. The molecule has 2 rings (SSSR count). The van der Waals surface area contributed by atoms with Crippen molar-refractivity contribution in [2.75, 3.05) is 13.2 Å². The molecule has 0 fully saturated rings. The van der Waals surface area contributed by atoms with E-state index in [0.717, 1.165) is 11.1 Å². The van der Waals surface area contributed by atoms with Crippen LogP contribution < -0.4 is 5.73 Å². The Morgan fingerprint density at radius 3 is 2.63 bits per heavy atom. The van der Waals surface area contributed by atoms with E-state index in [1.807, 2.05) is 31.2 Å². The summed E-state index contributed by atoms with van der Waals surface area (Å²) in [5, 5.41) is 3.95. The van der Waals surface area contributed by atoms with Gasteiger partial charge in [-0.25, -0.2) is 0 Å². The second-order valence-corrected chi connectivity index (χ2v) is 3.86. The van der Waals surface area contributed by atoms with Crippen LogP contribution in [0.15, 0.2) is 28.8 Å². The van der Waals surface area contributed by atoms with Gasteiger partial charge in [0.05, 0.1) is 13.0 Å². The van der Waals surface area contributed by atoms with Crippen LogP contribution in [0, 0.1) is 0 Å². The zero-order valence-corrected chi connectivity index (χ0v) is 11.7. The third-order valence-electron chi connectivity index (χ3n) is 2.58. The molecule has 0 bridgehead atoms. The number of hydrogen-bond donors (Lipinski definition) is 1. The zero-order valence-electron chi connectivity index (χ0n) is 10.8. The van der Waals surface area contributed by atoms with E-state index >= 15 is 0 Å². The molecule has 6 heteroatoms. The van der Waals surface area contributed by atoms with E-state index in [1.165, 1.54) is 0 Å². The van der Waals surface area contributed by atoms with Gasteiger partial charge in [0.1, 0.15) is 0 Å². The summed E-state index contributed by atoms with van der Waals surface area (Å²) in [7, 11) is 0. The van der Waals surface area contributed by atoms with Gasteiger partial charge in [-0.3, -0.25) is 0 Å². The molecule has 0 saturated heterocycles. The van der Waals surface area contributed by atoms with Crippen molar-refractivity contribution in [1.29, 1.82) is 0 Å². The topological polar surface area (TPSA) is 74.2 Å². The molecule has 1 heterocycles. The highest BCUT2D eigenvalue weighted by Gasteiger charge is 2.08. The van der Waals surface area contributed by atoms with Crippen molar-refractivity contribution in [3.05, 3.63) is 35.7 Å². The van der Waals surface area contributed by atoms with Gasteiger partial charge >= 0.3 is 0 Å². The molecule has 0 aliphatic carbocycles. The fraction of sp³-hybridized carbons (Fsp3) is 0.385. The van der Waals surface area contributed by atoms with Gasteiger partial charge in [0.15, 0.2) is 0 Å². The van der Waals surface area contributed by atoms with Crippen LogP contribution in [0.1, 0.15) is 18.4 Å². The first-order valence-corrected chi connectivity index (χ1v) is 6.03. The van der Waals surface area contributed by atoms with Crippen LogP contribution in [0.3, 0.4) is 0 Å². The highest BCUT2D eigenvalue weighted by atomic mass is 35.5. The molecule has 1 aromatic heterocycles. The molecule has 0 amide bonds. The molecule has 0 atom stereocenters. The van der Waals surface area contributed by atoms with Crippen molar-refractivity contribution in [2.24, 2.45) is 5.73 Å². The first kappa shape index (κ1) is 15.6. The number of rotatable bonds is 6. The lowest BCUT2D eigenvalue weighted by atomic mass is 10.1. The average molecular weight is 284 g/mol. The van der Waals surface area contributed by atoms with Crippen LogP contribution in [0.5, 0.6) is 0 Å². The fourth-order valence-electron chi connectivity index (χ4n) is 1.57. The quantitative estimate of drug-likeness (QED) is 0.823. The first-order valence-electron chi connectivity index (χ1n) is 6.03. The largest absolute Gasteiger partial charge is 0.381 e. The minimum atomic E-state index is 0. The first-order chi connectivity index (χ1) is 8.83. The van der Waals surface area contributed by atoms with Crippen LogP contribution in [0.2, 0.25) is 0 Å². The fourth-order valence-corrected chi connectivity index (χ4v) is 1.57. The maximum atomic E-state index is 5.55. The summed E-state index contributed by atoms with van der Waals surface area (Å²) in [5.74, 6) is 1.20. The Hall–Kier alpha value is -1.43. The highest BCUT2D eigenvalue weighted by Crippen LogP contribution is 2.16. The summed E-state index contributed by atoms with van der Waals surface area (Å²) in [5.41, 5.74) is 7.56. The summed E-state index contributed by atoms with van der Waals surface area (Å²) < 4.78 is 10.4. The summed E-state index contributed by atoms with van der Waals surface area (Å²) >= 11 is 0. The molecule has 0 aliphatic rings. The number of aromatic nitrogens is 2. The van der Waals surface area contributed by atoms with E-state index < -0.39 is 0 Å². The normalized spacial score (nSPS) is 10.2. The molecule has 0 radical (unpaired) electrons. The van der Waals surface area contributed by atoms with E-state index in [1.54, 1.807) is 0 Å². The number of nitrogens with zero attached hydrogens (tertiary/aromatic N) is 2. The predicted octanol–water partition coefficient (Wildman–Crippen LogP) is 2.20. The lowest BCUT2D eigenvalue weighted by molar-refractivity contribution is 0.144. The van der Waals surface area contributed by atoms with Gasteiger partial charge in [-0.1, -0.05) is 29.4 Å². The number of benzene rings is 1. The number of ether oxygens (including phenoxy) is 1. The van der Waals surface area contributed by atoms with Gasteiger partial charge in [-0.2, -0.15) is 4.98 Å². The van der Waals surface area contributed by atoms with Crippen LogP contribution in [-0.2, 0) is 17.7 Å². The Morgan fingerprint density at radius 2 is 2.00 bits per heavy atom. The molecule has 104 valence electrons. The summed E-state index contributed by atoms with van der Waals surface area (Å²) in [4.78, 5) is 4.32. The monoisotopic (exact) mass is 283 g/mol. The lowest BCUT2D eigenvalue weighted by Crippen LogP contribution is -1.98. The highest BCUT2D eigenvalue weighted by molar-refractivity contribution is 5.85. The molecule has 0 spiro atoms. The van der Waals surface area contributed by atoms with Gasteiger partial charge < -0.3 is 15.0 Å². The Bertz CT molecular complexity index is 485. The Morgan fingerprint density at radius 1 is 1.26 bits per heavy atom. The molecule has 5 nitrogen and oxygen atoms in total. The van der Waals surface area contributed by atoms with Gasteiger partial charge in [-0.15, -0.1) is 12.4 Å². The van der Waals surface area contributed by atoms with Gasteiger partial charge in [0.2, 0.25) is 11.7 Å². The number of halogens is 1. The molecular weight excluding hydrogens is 266 g/mol. The maximum Gasteiger partial charge on any atom is 0.229 e. The van der Waals surface area contributed by atoms with E-state index in [0.29, 0.717) is 37.9 Å². The molecule has 1 aromatic carbocycles. The Balaban J connectivity index is 0.00000180. The standard InChI is InChI=1S/C13H17N3O2.ClH/c1-2-17-8-7-12-15-13(16-18-12)11-5-3-10(9-14)4-6-11;/h3-6H,2,7-9,14H2,1H3;1H. The van der Waals surface area contributed by atoms with E-state index in [4.69, 9.17) is 15.0 Å². The van der Waals surface area contributed by atoms with Crippen molar-refractivity contribution in [3.63, 3.8) is 0 Å². The minimum absolute atomic E-state index is 0. The second kappa shape index (κ2) is 7.89. The van der Waals surface area contributed by atoms with E-state index in [-0.39, 0.29) is 12.4 Å². The van der Waals surface area contributed by atoms with Crippen molar-refractivity contribution >= 4 is 12.4 Å². The van der Waals surface area contributed by atoms with Crippen LogP contribution in [0.25, 0.3) is 11.4 Å². The summed E-state index contributed by atoms with van der Waals surface area (Å²) in [6, 6.07) is 7.82. The van der Waals surface area contributed by atoms with Crippen molar-refractivity contribution < 1.29 is 9.26 Å². The third kappa shape index (κ3) is 4.31. The summed E-state index contributed by atoms with van der Waals surface area (Å²) in [6.07, 6.45) is 0.641. The van der Waals surface area contributed by atoms with E-state index in [2.05, 4.69) is 10.1 Å². The number of nitrogens with two attached hydrogens (primary N) is 1. The average Bonchev–Trinajstić information content (AvgIpc) is 2.88. The lowest BCUT2D eigenvalue weighted by Gasteiger charge is -1.97.